The number of aliphatic hydroxyl groups is 1. The highest BCUT2D eigenvalue weighted by Crippen LogP contribution is 2.33. The van der Waals surface area contributed by atoms with Gasteiger partial charge in [0, 0.05) is 12.0 Å². The first kappa shape index (κ1) is 13.9. The second-order valence-electron chi connectivity index (χ2n) is 3.99. The average Bonchev–Trinajstić information content (AvgIpc) is 2.18. The van der Waals surface area contributed by atoms with E-state index >= 15 is 0 Å². The summed E-state index contributed by atoms with van der Waals surface area (Å²) in [6, 6.07) is 3.03. The Bertz CT molecular complexity index is 397. The minimum absolute atomic E-state index is 0.471. The van der Waals surface area contributed by atoms with E-state index in [1.54, 1.807) is 0 Å². The third-order valence-electron chi connectivity index (χ3n) is 2.43. The molecule has 0 spiro atoms. The minimum Gasteiger partial charge on any atom is -0.385 e. The van der Waals surface area contributed by atoms with E-state index in [0.29, 0.717) is 0 Å². The van der Waals surface area contributed by atoms with Gasteiger partial charge < -0.3 is 5.11 Å². The van der Waals surface area contributed by atoms with Crippen LogP contribution in [-0.4, -0.2) is 11.3 Å². The number of alkyl halides is 3. The van der Waals surface area contributed by atoms with E-state index in [-0.39, 0.29) is 0 Å². The fourth-order valence-corrected chi connectivity index (χ4v) is 1.44. The summed E-state index contributed by atoms with van der Waals surface area (Å²) in [5.74, 6) is -2.52. The van der Waals surface area contributed by atoms with Crippen molar-refractivity contribution < 1.29 is 27.1 Å². The molecule has 0 aliphatic heterocycles. The monoisotopic (exact) mass is 254 g/mol. The molecule has 6 heteroatoms. The van der Waals surface area contributed by atoms with Crippen molar-refractivity contribution >= 4 is 0 Å². The Hall–Kier alpha value is -1.17. The number of hydrogen-bond acceptors (Lipinski definition) is 1. The Morgan fingerprint density at radius 3 is 2.24 bits per heavy atom. The standard InChI is InChI=1S/C11H11F5O/c1-10(17,5-6-11(14,15)16)7-3-2-4-8(12)9(7)13/h2-4,17H,5-6H2,1H3. The van der Waals surface area contributed by atoms with E-state index in [4.69, 9.17) is 0 Å². The molecule has 0 radical (unpaired) electrons. The van der Waals surface area contributed by atoms with E-state index in [2.05, 4.69) is 0 Å². The summed E-state index contributed by atoms with van der Waals surface area (Å²) in [6.07, 6.45) is -6.44. The van der Waals surface area contributed by atoms with Crippen molar-refractivity contribution in [3.8, 4) is 0 Å². The zero-order valence-corrected chi connectivity index (χ0v) is 8.98. The van der Waals surface area contributed by atoms with Crippen molar-refractivity contribution in [1.82, 2.24) is 0 Å². The topological polar surface area (TPSA) is 20.2 Å². The minimum atomic E-state index is -4.45. The first-order valence-electron chi connectivity index (χ1n) is 4.87. The highest BCUT2D eigenvalue weighted by Gasteiger charge is 2.34. The van der Waals surface area contributed by atoms with Gasteiger partial charge in [0.15, 0.2) is 11.6 Å². The van der Waals surface area contributed by atoms with Crippen molar-refractivity contribution in [2.75, 3.05) is 0 Å². The van der Waals surface area contributed by atoms with Crippen molar-refractivity contribution in [3.63, 3.8) is 0 Å². The summed E-state index contributed by atoms with van der Waals surface area (Å²) in [6.45, 7) is 1.02. The van der Waals surface area contributed by atoms with Gasteiger partial charge in [0.05, 0.1) is 5.60 Å². The van der Waals surface area contributed by atoms with Gasteiger partial charge >= 0.3 is 6.18 Å². The zero-order chi connectivity index (χ0) is 13.3. The van der Waals surface area contributed by atoms with Gasteiger partial charge in [-0.1, -0.05) is 12.1 Å². The molecular weight excluding hydrogens is 243 g/mol. The number of hydrogen-bond donors (Lipinski definition) is 1. The Balaban J connectivity index is 2.93. The molecule has 1 nitrogen and oxygen atoms in total. The van der Waals surface area contributed by atoms with Crippen LogP contribution in [0.4, 0.5) is 22.0 Å². The van der Waals surface area contributed by atoms with Gasteiger partial charge in [-0.15, -0.1) is 0 Å². The summed E-state index contributed by atoms with van der Waals surface area (Å²) in [5.41, 5.74) is -2.52. The molecule has 1 aromatic rings. The quantitative estimate of drug-likeness (QED) is 0.818. The van der Waals surface area contributed by atoms with E-state index < -0.39 is 41.8 Å². The molecule has 96 valence electrons. The van der Waals surface area contributed by atoms with Gasteiger partial charge in [-0.25, -0.2) is 8.78 Å². The maximum absolute atomic E-state index is 13.3. The van der Waals surface area contributed by atoms with Gasteiger partial charge in [-0.05, 0) is 19.4 Å². The van der Waals surface area contributed by atoms with Gasteiger partial charge in [-0.2, -0.15) is 13.2 Å². The van der Waals surface area contributed by atoms with Gasteiger partial charge in [0.1, 0.15) is 0 Å². The molecule has 0 heterocycles. The van der Waals surface area contributed by atoms with Crippen molar-refractivity contribution in [2.24, 2.45) is 0 Å². The lowest BCUT2D eigenvalue weighted by atomic mass is 9.90. The highest BCUT2D eigenvalue weighted by molar-refractivity contribution is 5.24. The molecule has 0 amide bonds. The van der Waals surface area contributed by atoms with Gasteiger partial charge in [-0.3, -0.25) is 0 Å². The molecule has 0 saturated carbocycles. The molecule has 17 heavy (non-hydrogen) atoms. The van der Waals surface area contributed by atoms with E-state index in [0.717, 1.165) is 25.1 Å². The molecule has 0 aromatic heterocycles. The maximum atomic E-state index is 13.3. The molecule has 0 aliphatic rings. The normalized spacial score (nSPS) is 15.7. The molecule has 1 N–H and O–H groups in total. The van der Waals surface area contributed by atoms with Crippen LogP contribution in [0.15, 0.2) is 18.2 Å². The predicted molar refractivity (Wildman–Crippen MR) is 51.2 cm³/mol. The van der Waals surface area contributed by atoms with E-state index in [9.17, 15) is 27.1 Å². The van der Waals surface area contributed by atoms with Gasteiger partial charge in [0.25, 0.3) is 0 Å². The van der Waals surface area contributed by atoms with Crippen LogP contribution in [0.25, 0.3) is 0 Å². The summed E-state index contributed by atoms with van der Waals surface area (Å²) < 4.78 is 62.2. The highest BCUT2D eigenvalue weighted by atomic mass is 19.4. The number of benzene rings is 1. The van der Waals surface area contributed by atoms with Crippen molar-refractivity contribution in [1.29, 1.82) is 0 Å². The Kier molecular flexibility index (Phi) is 3.76. The Morgan fingerprint density at radius 1 is 1.12 bits per heavy atom. The van der Waals surface area contributed by atoms with Crippen LogP contribution in [0.5, 0.6) is 0 Å². The third-order valence-corrected chi connectivity index (χ3v) is 2.43. The SMILES string of the molecule is CC(O)(CCC(F)(F)F)c1cccc(F)c1F. The molecular formula is C11H11F5O. The number of halogens is 5. The second kappa shape index (κ2) is 4.60. The summed E-state index contributed by atoms with van der Waals surface area (Å²) in [4.78, 5) is 0. The largest absolute Gasteiger partial charge is 0.389 e. The van der Waals surface area contributed by atoms with Crippen LogP contribution < -0.4 is 0 Å². The predicted octanol–water partition coefficient (Wildman–Crippen LogP) is 3.51. The van der Waals surface area contributed by atoms with Crippen LogP contribution in [0.2, 0.25) is 0 Å². The van der Waals surface area contributed by atoms with Crippen molar-refractivity contribution in [2.45, 2.75) is 31.5 Å². The molecule has 0 saturated heterocycles. The smallest absolute Gasteiger partial charge is 0.385 e. The molecule has 1 atom stereocenters. The first-order chi connectivity index (χ1) is 7.63. The molecule has 0 aliphatic carbocycles. The van der Waals surface area contributed by atoms with Crippen LogP contribution in [0.1, 0.15) is 25.3 Å². The number of rotatable bonds is 3. The van der Waals surface area contributed by atoms with Crippen LogP contribution >= 0.6 is 0 Å². The molecule has 0 bridgehead atoms. The van der Waals surface area contributed by atoms with E-state index in [1.807, 2.05) is 0 Å². The molecule has 0 fully saturated rings. The summed E-state index contributed by atoms with van der Waals surface area (Å²) >= 11 is 0. The van der Waals surface area contributed by atoms with Crippen molar-refractivity contribution in [3.05, 3.63) is 35.4 Å². The lowest BCUT2D eigenvalue weighted by Gasteiger charge is -2.25. The molecule has 1 unspecified atom stereocenters. The third kappa shape index (κ3) is 3.66. The van der Waals surface area contributed by atoms with Crippen LogP contribution in [0.3, 0.4) is 0 Å². The zero-order valence-electron chi connectivity index (χ0n) is 8.98. The van der Waals surface area contributed by atoms with Crippen LogP contribution in [0, 0.1) is 11.6 Å². The Labute approximate surface area is 94.9 Å². The lowest BCUT2D eigenvalue weighted by Crippen LogP contribution is -2.26. The maximum Gasteiger partial charge on any atom is 0.389 e. The van der Waals surface area contributed by atoms with Gasteiger partial charge in [0.2, 0.25) is 0 Å². The lowest BCUT2D eigenvalue weighted by molar-refractivity contribution is -0.146. The summed E-state index contributed by atoms with van der Waals surface area (Å²) in [5, 5.41) is 9.75. The van der Waals surface area contributed by atoms with Crippen LogP contribution in [-0.2, 0) is 5.60 Å². The Morgan fingerprint density at radius 2 is 1.71 bits per heavy atom. The summed E-state index contributed by atoms with van der Waals surface area (Å²) in [7, 11) is 0. The fourth-order valence-electron chi connectivity index (χ4n) is 1.44. The molecule has 1 aromatic carbocycles. The fraction of sp³-hybridized carbons (Fsp3) is 0.455. The average molecular weight is 254 g/mol. The second-order valence-corrected chi connectivity index (χ2v) is 3.99. The molecule has 1 rings (SSSR count). The first-order valence-corrected chi connectivity index (χ1v) is 4.87. The van der Waals surface area contributed by atoms with E-state index in [1.165, 1.54) is 0 Å².